The second kappa shape index (κ2) is 11.6. The van der Waals surface area contributed by atoms with Crippen LogP contribution in [0.15, 0.2) is 89.4 Å². The molecule has 0 fully saturated rings. The van der Waals surface area contributed by atoms with Gasteiger partial charge in [-0.1, -0.05) is 58.4 Å². The normalized spacial score (nSPS) is 12.8. The Balaban J connectivity index is 0.00000342. The summed E-state index contributed by atoms with van der Waals surface area (Å²) in [7, 11) is 8.09. The lowest BCUT2D eigenvalue weighted by atomic mass is 9.81. The minimum absolute atomic E-state index is 0. The highest BCUT2D eigenvalue weighted by Gasteiger charge is 2.26. The van der Waals surface area contributed by atoms with Gasteiger partial charge in [0.05, 0.1) is 40.3 Å². The quantitative estimate of drug-likeness (QED) is 0.152. The number of nitrogens with zero attached hydrogens (tertiary/aromatic N) is 2. The van der Waals surface area contributed by atoms with E-state index in [1.807, 2.05) is 36.4 Å². The predicted molar refractivity (Wildman–Crippen MR) is 157 cm³/mol. The molecule has 0 spiro atoms. The average molecular weight is 648 g/mol. The van der Waals surface area contributed by atoms with Gasteiger partial charge < -0.3 is 9.22 Å². The third-order valence-corrected chi connectivity index (χ3v) is 6.23. The monoisotopic (exact) mass is 647 g/mol. The van der Waals surface area contributed by atoms with Gasteiger partial charge in [0, 0.05) is 21.3 Å². The van der Waals surface area contributed by atoms with Gasteiger partial charge in [0.25, 0.3) is 0 Å². The molecule has 1 aromatic heterocycles. The molecule has 0 saturated heterocycles. The summed E-state index contributed by atoms with van der Waals surface area (Å²) in [5.74, 6) is 0.115. The third kappa shape index (κ3) is 6.68. The van der Waals surface area contributed by atoms with E-state index < -0.39 is 0 Å². The van der Waals surface area contributed by atoms with Crippen molar-refractivity contribution < 1.29 is 13.6 Å². The number of pyridine rings is 1. The number of allylic oxidation sites excluding steroid dienone is 1. The standard InChI is InChI=1S/C29H29BrFN2O.HI/c1-33(2,3)16-15-25(21-11-8-12-24(31)18-21)28(20-9-6-5-7-10-20)26-19-22-17-23(30)13-14-27(22)32-29(26)34-4;/h5-15,17-19,28H,16H2,1-4H3;1H/q+1;/b25-15+;. The zero-order chi connectivity index (χ0) is 24.3. The molecule has 4 rings (SSSR count). The SMILES string of the molecule is COc1nc2ccc(Br)cc2cc1C(/C(=C/C[N+](C)(C)C)c1cccc(F)c1)c1ccccc1.I. The Bertz CT molecular complexity index is 1340. The van der Waals surface area contributed by atoms with Crippen LogP contribution in [0.3, 0.4) is 0 Å². The first-order valence-electron chi connectivity index (χ1n) is 11.2. The second-order valence-electron chi connectivity index (χ2n) is 9.41. The molecule has 4 aromatic rings. The molecule has 182 valence electrons. The molecule has 0 saturated carbocycles. The van der Waals surface area contributed by atoms with Crippen molar-refractivity contribution in [3.63, 3.8) is 0 Å². The van der Waals surface area contributed by atoms with E-state index in [9.17, 15) is 4.39 Å². The van der Waals surface area contributed by atoms with Crippen LogP contribution in [0, 0.1) is 5.82 Å². The molecule has 1 unspecified atom stereocenters. The van der Waals surface area contributed by atoms with Crippen molar-refractivity contribution in [1.82, 2.24) is 4.98 Å². The average Bonchev–Trinajstić information content (AvgIpc) is 2.81. The number of ether oxygens (including phenoxy) is 1. The molecule has 3 aromatic carbocycles. The number of benzene rings is 3. The number of rotatable bonds is 7. The Morgan fingerprint density at radius 1 is 1.00 bits per heavy atom. The summed E-state index contributed by atoms with van der Waals surface area (Å²) in [4.78, 5) is 4.84. The summed E-state index contributed by atoms with van der Waals surface area (Å²) in [6.45, 7) is 0.782. The minimum atomic E-state index is -0.256. The fraction of sp³-hybridized carbons (Fsp3) is 0.207. The van der Waals surface area contributed by atoms with Crippen LogP contribution in [-0.4, -0.2) is 44.3 Å². The van der Waals surface area contributed by atoms with Crippen LogP contribution >= 0.6 is 39.9 Å². The lowest BCUT2D eigenvalue weighted by Gasteiger charge is -2.27. The molecule has 0 radical (unpaired) electrons. The molecule has 0 bridgehead atoms. The fourth-order valence-electron chi connectivity index (χ4n) is 4.13. The van der Waals surface area contributed by atoms with Gasteiger partial charge in [-0.25, -0.2) is 9.37 Å². The van der Waals surface area contributed by atoms with Crippen molar-refractivity contribution in [3.05, 3.63) is 112 Å². The van der Waals surface area contributed by atoms with Crippen LogP contribution in [0.5, 0.6) is 5.88 Å². The molecule has 1 heterocycles. The first kappa shape index (κ1) is 27.3. The number of fused-ring (bicyclic) bond motifs is 1. The molecule has 3 nitrogen and oxygen atoms in total. The van der Waals surface area contributed by atoms with E-state index in [-0.39, 0.29) is 35.7 Å². The van der Waals surface area contributed by atoms with E-state index in [1.54, 1.807) is 19.2 Å². The fourth-order valence-corrected chi connectivity index (χ4v) is 4.51. The number of halogens is 3. The highest BCUT2D eigenvalue weighted by molar-refractivity contribution is 14.0. The van der Waals surface area contributed by atoms with E-state index in [2.05, 4.69) is 67.4 Å². The number of likely N-dealkylation sites (N-methyl/N-ethyl adjacent to an activating group) is 1. The van der Waals surface area contributed by atoms with Crippen molar-refractivity contribution in [1.29, 1.82) is 0 Å². The summed E-state index contributed by atoms with van der Waals surface area (Å²) in [5.41, 5.74) is 4.76. The van der Waals surface area contributed by atoms with Crippen LogP contribution in [0.1, 0.15) is 22.6 Å². The third-order valence-electron chi connectivity index (χ3n) is 5.73. The maximum absolute atomic E-state index is 14.4. The Hall–Kier alpha value is -2.29. The van der Waals surface area contributed by atoms with Gasteiger partial charge in [0.2, 0.25) is 5.88 Å². The van der Waals surface area contributed by atoms with Gasteiger partial charge in [-0.3, -0.25) is 0 Å². The van der Waals surface area contributed by atoms with Crippen molar-refractivity contribution in [2.75, 3.05) is 34.8 Å². The van der Waals surface area contributed by atoms with Gasteiger partial charge >= 0.3 is 0 Å². The molecule has 0 aliphatic carbocycles. The highest BCUT2D eigenvalue weighted by atomic mass is 127. The minimum Gasteiger partial charge on any atom is -0.481 e. The van der Waals surface area contributed by atoms with Crippen molar-refractivity contribution in [3.8, 4) is 5.88 Å². The maximum atomic E-state index is 14.4. The Morgan fingerprint density at radius 3 is 2.40 bits per heavy atom. The molecule has 6 heteroatoms. The molecule has 1 atom stereocenters. The van der Waals surface area contributed by atoms with Gasteiger partial charge in [0.15, 0.2) is 0 Å². The Morgan fingerprint density at radius 2 is 1.74 bits per heavy atom. The molecule has 0 aliphatic rings. The molecule has 0 amide bonds. The van der Waals surface area contributed by atoms with E-state index in [4.69, 9.17) is 9.72 Å². The Kier molecular flexibility index (Phi) is 9.07. The van der Waals surface area contributed by atoms with E-state index in [0.29, 0.717) is 5.88 Å². The van der Waals surface area contributed by atoms with E-state index in [1.165, 1.54) is 6.07 Å². The summed E-state index contributed by atoms with van der Waals surface area (Å²) in [5, 5.41) is 1.01. The number of hydrogen-bond donors (Lipinski definition) is 0. The van der Waals surface area contributed by atoms with Gasteiger partial charge in [0.1, 0.15) is 5.82 Å². The van der Waals surface area contributed by atoms with Crippen LogP contribution in [-0.2, 0) is 0 Å². The number of hydrogen-bond acceptors (Lipinski definition) is 2. The summed E-state index contributed by atoms with van der Waals surface area (Å²) in [6, 6.07) is 25.2. The number of aromatic nitrogens is 1. The topological polar surface area (TPSA) is 22.1 Å². The van der Waals surface area contributed by atoms with Crippen LogP contribution in [0.25, 0.3) is 16.5 Å². The van der Waals surface area contributed by atoms with Crippen LogP contribution in [0.4, 0.5) is 4.39 Å². The zero-order valence-corrected chi connectivity index (χ0v) is 24.3. The molecular formula is C29H30BrFIN2O+. The molecular weight excluding hydrogens is 618 g/mol. The van der Waals surface area contributed by atoms with Crippen molar-refractivity contribution in [2.45, 2.75) is 5.92 Å². The van der Waals surface area contributed by atoms with Crippen molar-refractivity contribution >= 4 is 56.4 Å². The summed E-state index contributed by atoms with van der Waals surface area (Å²) < 4.78 is 21.9. The smallest absolute Gasteiger partial charge is 0.217 e. The van der Waals surface area contributed by atoms with Gasteiger partial charge in [-0.15, -0.1) is 24.0 Å². The molecule has 0 N–H and O–H groups in total. The Labute approximate surface area is 232 Å². The highest BCUT2D eigenvalue weighted by Crippen LogP contribution is 2.42. The first-order valence-corrected chi connectivity index (χ1v) is 12.0. The lowest BCUT2D eigenvalue weighted by Crippen LogP contribution is -2.34. The molecule has 35 heavy (non-hydrogen) atoms. The van der Waals surface area contributed by atoms with E-state index in [0.717, 1.165) is 48.7 Å². The largest absolute Gasteiger partial charge is 0.481 e. The van der Waals surface area contributed by atoms with E-state index >= 15 is 0 Å². The number of quaternary nitrogens is 1. The van der Waals surface area contributed by atoms with Gasteiger partial charge in [-0.05, 0) is 59.2 Å². The summed E-state index contributed by atoms with van der Waals surface area (Å²) >= 11 is 3.58. The summed E-state index contributed by atoms with van der Waals surface area (Å²) in [6.07, 6.45) is 2.22. The van der Waals surface area contributed by atoms with Crippen molar-refractivity contribution in [2.24, 2.45) is 0 Å². The first-order chi connectivity index (χ1) is 16.2. The predicted octanol–water partition coefficient (Wildman–Crippen LogP) is 7.68. The van der Waals surface area contributed by atoms with Crippen LogP contribution < -0.4 is 4.74 Å². The second-order valence-corrected chi connectivity index (χ2v) is 10.3. The lowest BCUT2D eigenvalue weighted by molar-refractivity contribution is -0.864. The molecule has 0 aliphatic heterocycles. The number of methoxy groups -OCH3 is 1. The van der Waals surface area contributed by atoms with Gasteiger partial charge in [-0.2, -0.15) is 0 Å². The van der Waals surface area contributed by atoms with Crippen LogP contribution in [0.2, 0.25) is 0 Å². The zero-order valence-electron chi connectivity index (χ0n) is 20.3. The maximum Gasteiger partial charge on any atom is 0.217 e.